The van der Waals surface area contributed by atoms with Crippen LogP contribution in [0.25, 0.3) is 0 Å². The summed E-state index contributed by atoms with van der Waals surface area (Å²) in [6, 6.07) is 4.76. The van der Waals surface area contributed by atoms with E-state index in [1.807, 2.05) is 109 Å². The van der Waals surface area contributed by atoms with Gasteiger partial charge >= 0.3 is 0 Å². The van der Waals surface area contributed by atoms with E-state index in [1.165, 1.54) is 58.3 Å². The summed E-state index contributed by atoms with van der Waals surface area (Å²) in [5.41, 5.74) is 0. The molecule has 3 aliphatic rings. The standard InChI is InChI=1S/C12H23N3O.C12H22N2O.C11H20N2O.C11H16N2O/c1-11(2)13-12(16)5-4-6-15-9-7-14(3)8-10-15;1-11(2)13-12(15)7-6-10-14-8-4-3-5-9-14;2*1-10(2)12-11(14)6-5-9-13-7-3-4-8-13/h4-5,11H,6-10H2,1-3H3,(H,13,16);6-7,11H,3-5,8-10H2,1-2H3,(H,13,15);5-6,10H,3-4,7-9H2,1-2H3,(H,12,14);3-8,10H,9H2,1-2H3,(H,12,14)/b5-4+;7-6+;2*6-5+. The normalized spacial score (nSPS) is 17.0. The first-order valence-corrected chi connectivity index (χ1v) is 22.0. The lowest BCUT2D eigenvalue weighted by molar-refractivity contribution is -0.117. The van der Waals surface area contributed by atoms with Gasteiger partial charge in [0.05, 0.1) is 0 Å². The van der Waals surface area contributed by atoms with Gasteiger partial charge in [-0.3, -0.25) is 33.9 Å². The van der Waals surface area contributed by atoms with Crippen LogP contribution in [0.2, 0.25) is 0 Å². The van der Waals surface area contributed by atoms with E-state index in [2.05, 4.69) is 47.9 Å². The minimum atomic E-state index is -0.0350. The molecule has 0 saturated carbocycles. The number of nitrogens with one attached hydrogen (secondary N) is 4. The van der Waals surface area contributed by atoms with Crippen LogP contribution in [0.3, 0.4) is 0 Å². The fourth-order valence-electron chi connectivity index (χ4n) is 6.17. The number of amides is 4. The molecule has 3 aliphatic heterocycles. The highest BCUT2D eigenvalue weighted by atomic mass is 16.2. The van der Waals surface area contributed by atoms with Gasteiger partial charge in [-0.2, -0.15) is 0 Å². The van der Waals surface area contributed by atoms with Crippen LogP contribution in [-0.2, 0) is 25.7 Å². The zero-order valence-electron chi connectivity index (χ0n) is 38.1. The van der Waals surface area contributed by atoms with Crippen LogP contribution in [0, 0.1) is 0 Å². The Hall–Kier alpha value is -4.04. The molecular formula is C46H81N9O4. The molecule has 4 amide bonds. The van der Waals surface area contributed by atoms with Gasteiger partial charge in [0.25, 0.3) is 0 Å². The SMILES string of the molecule is CC(C)NC(=O)/C=C/CN1CCCC1.CC(C)NC(=O)/C=C/CN1CCCCC1.CC(C)NC(=O)/C=C/CN1CCN(C)CC1.CC(C)NC(=O)/C=C/Cn1cccc1. The first kappa shape index (κ1) is 53.0. The van der Waals surface area contributed by atoms with Crippen molar-refractivity contribution in [2.75, 3.05) is 79.0 Å². The quantitative estimate of drug-likeness (QED) is 0.178. The van der Waals surface area contributed by atoms with Gasteiger partial charge in [0.1, 0.15) is 0 Å². The molecule has 334 valence electrons. The Morgan fingerprint density at radius 1 is 0.441 bits per heavy atom. The predicted octanol–water partition coefficient (Wildman–Crippen LogP) is 4.60. The van der Waals surface area contributed by atoms with E-state index in [-0.39, 0.29) is 47.8 Å². The topological polar surface area (TPSA) is 134 Å². The van der Waals surface area contributed by atoms with E-state index >= 15 is 0 Å². The summed E-state index contributed by atoms with van der Waals surface area (Å²) in [6.07, 6.45) is 24.7. The van der Waals surface area contributed by atoms with Crippen LogP contribution < -0.4 is 21.3 Å². The third-order valence-corrected chi connectivity index (χ3v) is 9.12. The molecule has 3 saturated heterocycles. The summed E-state index contributed by atoms with van der Waals surface area (Å²) >= 11 is 0. The van der Waals surface area contributed by atoms with Crippen molar-refractivity contribution < 1.29 is 19.2 Å². The van der Waals surface area contributed by atoms with Crippen LogP contribution >= 0.6 is 0 Å². The summed E-state index contributed by atoms with van der Waals surface area (Å²) in [5.74, 6) is -0.00232. The molecular weight excluding hydrogens is 743 g/mol. The first-order valence-electron chi connectivity index (χ1n) is 22.0. The molecule has 4 rings (SSSR count). The van der Waals surface area contributed by atoms with Gasteiger partial charge < -0.3 is 30.7 Å². The molecule has 0 radical (unpaired) electrons. The van der Waals surface area contributed by atoms with E-state index in [0.29, 0.717) is 0 Å². The molecule has 59 heavy (non-hydrogen) atoms. The maximum absolute atomic E-state index is 11.3. The molecule has 13 nitrogen and oxygen atoms in total. The molecule has 0 atom stereocenters. The molecule has 0 aliphatic carbocycles. The Morgan fingerprint density at radius 3 is 1.05 bits per heavy atom. The predicted molar refractivity (Wildman–Crippen MR) is 244 cm³/mol. The zero-order valence-corrected chi connectivity index (χ0v) is 38.1. The van der Waals surface area contributed by atoms with E-state index in [4.69, 9.17) is 0 Å². The van der Waals surface area contributed by atoms with Crippen molar-refractivity contribution in [2.24, 2.45) is 0 Å². The molecule has 0 unspecified atom stereocenters. The Labute approximate surface area is 357 Å². The third kappa shape index (κ3) is 31.5. The molecule has 1 aromatic heterocycles. The van der Waals surface area contributed by atoms with E-state index in [9.17, 15) is 19.2 Å². The van der Waals surface area contributed by atoms with Gasteiger partial charge in [0.15, 0.2) is 0 Å². The van der Waals surface area contributed by atoms with Crippen LogP contribution in [0.1, 0.15) is 87.5 Å². The number of rotatable bonds is 16. The fourth-order valence-corrected chi connectivity index (χ4v) is 6.17. The molecule has 3 fully saturated rings. The van der Waals surface area contributed by atoms with Gasteiger partial charge in [-0.15, -0.1) is 0 Å². The number of carbonyl (C=O) groups excluding carboxylic acids is 4. The number of piperazine rings is 1. The first-order chi connectivity index (χ1) is 28.1. The highest BCUT2D eigenvalue weighted by Gasteiger charge is 2.12. The zero-order chi connectivity index (χ0) is 43.8. The number of hydrogen-bond acceptors (Lipinski definition) is 8. The monoisotopic (exact) mass is 824 g/mol. The number of likely N-dealkylation sites (N-methyl/N-ethyl adjacent to an activating group) is 1. The van der Waals surface area contributed by atoms with E-state index < -0.39 is 0 Å². The Morgan fingerprint density at radius 2 is 0.729 bits per heavy atom. The molecule has 4 N–H and O–H groups in total. The maximum Gasteiger partial charge on any atom is 0.243 e. The van der Waals surface area contributed by atoms with E-state index in [1.54, 1.807) is 24.3 Å². The number of likely N-dealkylation sites (tertiary alicyclic amines) is 2. The van der Waals surface area contributed by atoms with Crippen molar-refractivity contribution in [3.63, 3.8) is 0 Å². The van der Waals surface area contributed by atoms with Crippen molar-refractivity contribution >= 4 is 23.6 Å². The van der Waals surface area contributed by atoms with Crippen LogP contribution in [0.15, 0.2) is 73.1 Å². The molecule has 1 aromatic rings. The number of nitrogens with zero attached hydrogens (tertiary/aromatic N) is 5. The second-order valence-electron chi connectivity index (χ2n) is 16.6. The minimum Gasteiger partial charge on any atom is -0.350 e. The lowest BCUT2D eigenvalue weighted by Gasteiger charge is -2.31. The van der Waals surface area contributed by atoms with Gasteiger partial charge in [-0.05, 0) is 126 Å². The Balaban J connectivity index is 0.000000394. The molecule has 0 aromatic carbocycles. The number of allylic oxidation sites excluding steroid dienone is 1. The average Bonchev–Trinajstić information content (AvgIpc) is 3.88. The minimum absolute atomic E-state index is 0.00382. The van der Waals surface area contributed by atoms with Crippen molar-refractivity contribution in [3.05, 3.63) is 73.1 Å². The second kappa shape index (κ2) is 32.8. The van der Waals surface area contributed by atoms with Crippen LogP contribution in [0.4, 0.5) is 0 Å². The van der Waals surface area contributed by atoms with E-state index in [0.717, 1.165) is 52.4 Å². The average molecular weight is 824 g/mol. The van der Waals surface area contributed by atoms with Gasteiger partial charge in [0, 0.05) is 113 Å². The number of carbonyl (C=O) groups is 4. The highest BCUT2D eigenvalue weighted by Crippen LogP contribution is 2.08. The number of aromatic nitrogens is 1. The van der Waals surface area contributed by atoms with Crippen molar-refractivity contribution in [1.82, 2.24) is 45.4 Å². The highest BCUT2D eigenvalue weighted by molar-refractivity contribution is 5.88. The Kier molecular flexibility index (Phi) is 29.4. The fraction of sp³-hybridized carbons (Fsp3) is 0.652. The lowest BCUT2D eigenvalue weighted by Crippen LogP contribution is -2.44. The van der Waals surface area contributed by atoms with Crippen molar-refractivity contribution in [1.29, 1.82) is 0 Å². The van der Waals surface area contributed by atoms with Crippen molar-refractivity contribution in [2.45, 2.75) is 118 Å². The molecule has 4 heterocycles. The van der Waals surface area contributed by atoms with Gasteiger partial charge in [0.2, 0.25) is 23.6 Å². The van der Waals surface area contributed by atoms with Crippen LogP contribution in [0.5, 0.6) is 0 Å². The smallest absolute Gasteiger partial charge is 0.243 e. The summed E-state index contributed by atoms with van der Waals surface area (Å²) in [7, 11) is 2.14. The number of hydrogen-bond donors (Lipinski definition) is 4. The molecule has 13 heteroatoms. The van der Waals surface area contributed by atoms with Gasteiger partial charge in [-0.25, -0.2) is 0 Å². The lowest BCUT2D eigenvalue weighted by atomic mass is 10.1. The second-order valence-corrected chi connectivity index (χ2v) is 16.6. The van der Waals surface area contributed by atoms with Gasteiger partial charge in [-0.1, -0.05) is 30.7 Å². The Bertz CT molecular complexity index is 1380. The largest absolute Gasteiger partial charge is 0.350 e. The summed E-state index contributed by atoms with van der Waals surface area (Å²) in [5, 5.41) is 11.3. The summed E-state index contributed by atoms with van der Waals surface area (Å²) < 4.78 is 2.00. The summed E-state index contributed by atoms with van der Waals surface area (Å²) in [6.45, 7) is 28.2. The van der Waals surface area contributed by atoms with Crippen LogP contribution in [-0.4, -0.2) is 151 Å². The maximum atomic E-state index is 11.3. The third-order valence-electron chi connectivity index (χ3n) is 9.12. The molecule has 0 spiro atoms. The molecule has 0 bridgehead atoms. The van der Waals surface area contributed by atoms with Crippen molar-refractivity contribution in [3.8, 4) is 0 Å². The number of piperidine rings is 1. The summed E-state index contributed by atoms with van der Waals surface area (Å²) in [4.78, 5) is 54.4.